The Morgan fingerprint density at radius 3 is 2.41 bits per heavy atom. The number of hydrogen-bond acceptors (Lipinski definition) is 6. The summed E-state index contributed by atoms with van der Waals surface area (Å²) in [7, 11) is 0. The fraction of sp³-hybridized carbons (Fsp3) is 0.524. The van der Waals surface area contributed by atoms with Crippen LogP contribution in [0.4, 0.5) is 13.2 Å². The maximum atomic E-state index is 14.2. The summed E-state index contributed by atoms with van der Waals surface area (Å²) in [4.78, 5) is 35.5. The Morgan fingerprint density at radius 1 is 1.24 bits per heavy atom. The molecule has 1 aliphatic carbocycles. The molecule has 1 N–H and O–H groups in total. The molecule has 0 unspecified atom stereocenters. The van der Waals surface area contributed by atoms with Crippen LogP contribution in [-0.4, -0.2) is 57.1 Å². The second-order valence-electron chi connectivity index (χ2n) is 7.87. The zero-order valence-corrected chi connectivity index (χ0v) is 19.7. The van der Waals surface area contributed by atoms with Crippen LogP contribution in [-0.2, 0) is 24.6 Å². The third-order valence-electron chi connectivity index (χ3n) is 5.60. The first-order valence-electron chi connectivity index (χ1n) is 10.4. The number of rotatable bonds is 8. The molecule has 0 spiro atoms. The summed E-state index contributed by atoms with van der Waals surface area (Å²) in [5.41, 5.74) is -7.84. The minimum atomic E-state index is -3.91. The Morgan fingerprint density at radius 2 is 1.88 bits per heavy atom. The minimum Gasteiger partial charge on any atom is -0.425 e. The van der Waals surface area contributed by atoms with Gasteiger partial charge in [0.1, 0.15) is 12.1 Å². The topological polar surface area (TPSA) is 93.6 Å². The fourth-order valence-electron chi connectivity index (χ4n) is 3.85. The fourth-order valence-corrected chi connectivity index (χ4v) is 4.05. The predicted molar refractivity (Wildman–Crippen MR) is 116 cm³/mol. The van der Waals surface area contributed by atoms with Crippen LogP contribution < -0.4 is 5.32 Å². The summed E-state index contributed by atoms with van der Waals surface area (Å²) in [6.07, 6.45) is 7.35. The SMILES string of the molecule is C[C@@](C(=O)NC1CCOCC1)(c1cncnc1)N(C(=O)[C@H](F)Cl)C1=CC=C(OC(F)(F)Cl)CC1. The second kappa shape index (κ2) is 10.9. The number of halogens is 5. The number of carbonyl (C=O) groups is 2. The van der Waals surface area contributed by atoms with Crippen molar-refractivity contribution in [1.29, 1.82) is 0 Å². The lowest BCUT2D eigenvalue weighted by Gasteiger charge is -2.42. The zero-order valence-electron chi connectivity index (χ0n) is 18.1. The molecular formula is C21H23Cl2F3N4O4. The van der Waals surface area contributed by atoms with E-state index in [1.165, 1.54) is 37.8 Å². The van der Waals surface area contributed by atoms with Gasteiger partial charge in [-0.05, 0) is 38.3 Å². The van der Waals surface area contributed by atoms with Crippen LogP contribution in [0.5, 0.6) is 0 Å². The molecule has 2 aliphatic rings. The van der Waals surface area contributed by atoms with Crippen LogP contribution in [0.3, 0.4) is 0 Å². The van der Waals surface area contributed by atoms with Crippen LogP contribution >= 0.6 is 23.2 Å². The van der Waals surface area contributed by atoms with Gasteiger partial charge in [-0.2, -0.15) is 0 Å². The number of allylic oxidation sites excluding steroid dienone is 4. The van der Waals surface area contributed by atoms with Crippen molar-refractivity contribution in [3.63, 3.8) is 0 Å². The van der Waals surface area contributed by atoms with Gasteiger partial charge in [-0.3, -0.25) is 14.5 Å². The molecule has 186 valence electrons. The van der Waals surface area contributed by atoms with Crippen molar-refractivity contribution in [2.75, 3.05) is 13.2 Å². The molecular weight excluding hydrogens is 500 g/mol. The second-order valence-corrected chi connectivity index (χ2v) is 8.70. The van der Waals surface area contributed by atoms with E-state index in [1.54, 1.807) is 0 Å². The first-order valence-corrected chi connectivity index (χ1v) is 11.3. The van der Waals surface area contributed by atoms with E-state index in [0.717, 1.165) is 4.90 Å². The summed E-state index contributed by atoms with van der Waals surface area (Å²) < 4.78 is 49.9. The molecule has 1 aromatic rings. The highest BCUT2D eigenvalue weighted by Gasteiger charge is 2.48. The third-order valence-corrected chi connectivity index (χ3v) is 5.86. The Hall–Kier alpha value is -2.37. The molecule has 0 aromatic carbocycles. The van der Waals surface area contributed by atoms with Gasteiger partial charge in [-0.15, -0.1) is 8.78 Å². The average Bonchev–Trinajstić information content (AvgIpc) is 2.80. The van der Waals surface area contributed by atoms with Gasteiger partial charge in [0, 0.05) is 60.9 Å². The van der Waals surface area contributed by atoms with E-state index >= 15 is 0 Å². The summed E-state index contributed by atoms with van der Waals surface area (Å²) >= 11 is 10.3. The van der Waals surface area contributed by atoms with Gasteiger partial charge in [-0.1, -0.05) is 11.6 Å². The lowest BCUT2D eigenvalue weighted by molar-refractivity contribution is -0.148. The van der Waals surface area contributed by atoms with E-state index < -0.39 is 28.6 Å². The van der Waals surface area contributed by atoms with Gasteiger partial charge in [0.25, 0.3) is 17.4 Å². The van der Waals surface area contributed by atoms with Crippen LogP contribution in [0.2, 0.25) is 0 Å². The van der Waals surface area contributed by atoms with E-state index in [9.17, 15) is 22.8 Å². The molecule has 2 amide bonds. The van der Waals surface area contributed by atoms with Crippen molar-refractivity contribution in [3.8, 4) is 0 Å². The third kappa shape index (κ3) is 6.19. The van der Waals surface area contributed by atoms with E-state index in [4.69, 9.17) is 27.9 Å². The van der Waals surface area contributed by atoms with Gasteiger partial charge >= 0.3 is 5.57 Å². The lowest BCUT2D eigenvalue weighted by atomic mass is 9.88. The average molecular weight is 523 g/mol. The van der Waals surface area contributed by atoms with Crippen LogP contribution in [0, 0.1) is 0 Å². The molecule has 3 rings (SSSR count). The van der Waals surface area contributed by atoms with Crippen LogP contribution in [0.15, 0.2) is 42.3 Å². The molecule has 34 heavy (non-hydrogen) atoms. The monoisotopic (exact) mass is 522 g/mol. The predicted octanol–water partition coefficient (Wildman–Crippen LogP) is 3.72. The molecule has 1 fully saturated rings. The number of hydrogen-bond donors (Lipinski definition) is 1. The molecule has 13 heteroatoms. The van der Waals surface area contributed by atoms with E-state index in [2.05, 4.69) is 20.0 Å². The van der Waals surface area contributed by atoms with Crippen molar-refractivity contribution < 1.29 is 32.2 Å². The number of nitrogens with zero attached hydrogens (tertiary/aromatic N) is 3. The van der Waals surface area contributed by atoms with E-state index in [0.29, 0.717) is 26.1 Å². The number of aromatic nitrogens is 2. The molecule has 0 saturated carbocycles. The van der Waals surface area contributed by atoms with Gasteiger partial charge in [0.2, 0.25) is 0 Å². The number of nitrogens with one attached hydrogen (secondary N) is 1. The normalized spacial score (nSPS) is 19.8. The summed E-state index contributed by atoms with van der Waals surface area (Å²) in [5, 5.41) is 2.89. The van der Waals surface area contributed by atoms with Gasteiger partial charge in [0.05, 0.1) is 0 Å². The van der Waals surface area contributed by atoms with Crippen molar-refractivity contribution in [3.05, 3.63) is 47.9 Å². The Labute approximate surface area is 204 Å². The highest BCUT2D eigenvalue weighted by molar-refractivity contribution is 6.29. The quantitative estimate of drug-likeness (QED) is 0.523. The first kappa shape index (κ1) is 26.2. The van der Waals surface area contributed by atoms with Crippen molar-refractivity contribution in [1.82, 2.24) is 20.2 Å². The standard InChI is InChI=1S/C21H23Cl2F3N4O4/c1-20(13-10-27-12-28-11-13,19(32)29-14-6-8-33-9-7-14)30(18(31)17(22)24)15-2-4-16(5-3-15)34-21(23,25)26/h2,4,10-12,14,17H,3,5-9H2,1H3,(H,29,32)/t17-,20-/m0/s1. The minimum absolute atomic E-state index is 0.0397. The van der Waals surface area contributed by atoms with Gasteiger partial charge < -0.3 is 14.8 Å². The van der Waals surface area contributed by atoms with Crippen molar-refractivity contribution in [2.24, 2.45) is 0 Å². The lowest BCUT2D eigenvalue weighted by Crippen LogP contribution is -2.59. The number of ether oxygens (including phenoxy) is 2. The maximum absolute atomic E-state index is 14.2. The zero-order chi connectivity index (χ0) is 24.9. The van der Waals surface area contributed by atoms with Gasteiger partial charge in [0.15, 0.2) is 5.54 Å². The molecule has 1 saturated heterocycles. The molecule has 8 nitrogen and oxygen atoms in total. The molecule has 2 atom stereocenters. The highest BCUT2D eigenvalue weighted by Crippen LogP contribution is 2.38. The van der Waals surface area contributed by atoms with Crippen LogP contribution in [0.25, 0.3) is 0 Å². The Kier molecular flexibility index (Phi) is 8.43. The van der Waals surface area contributed by atoms with E-state index in [1.807, 2.05) is 0 Å². The smallest absolute Gasteiger partial charge is 0.425 e. The van der Waals surface area contributed by atoms with Crippen molar-refractivity contribution >= 4 is 35.0 Å². The molecule has 2 heterocycles. The summed E-state index contributed by atoms with van der Waals surface area (Å²) in [6.45, 7) is 2.33. The molecule has 0 radical (unpaired) electrons. The van der Waals surface area contributed by atoms with Crippen molar-refractivity contribution in [2.45, 2.75) is 55.4 Å². The number of carbonyl (C=O) groups excluding carboxylic acids is 2. The summed E-state index contributed by atoms with van der Waals surface area (Å²) in [6, 6.07) is -0.231. The highest BCUT2D eigenvalue weighted by atomic mass is 35.5. The van der Waals surface area contributed by atoms with Gasteiger partial charge in [-0.25, -0.2) is 14.4 Å². The summed E-state index contributed by atoms with van der Waals surface area (Å²) in [5.74, 6) is -1.96. The number of amides is 2. The molecule has 0 bridgehead atoms. The molecule has 1 aliphatic heterocycles. The first-order chi connectivity index (χ1) is 16.0. The number of alkyl halides is 5. The largest absolute Gasteiger partial charge is 0.487 e. The Bertz CT molecular complexity index is 953. The Balaban J connectivity index is 2.04. The van der Waals surface area contributed by atoms with Crippen LogP contribution in [0.1, 0.15) is 38.2 Å². The van der Waals surface area contributed by atoms with E-state index in [-0.39, 0.29) is 35.9 Å². The maximum Gasteiger partial charge on any atom is 0.487 e. The molecule has 1 aromatic heterocycles.